The summed E-state index contributed by atoms with van der Waals surface area (Å²) in [4.78, 5) is 10.4. The van der Waals surface area contributed by atoms with Crippen molar-refractivity contribution in [1.29, 1.82) is 0 Å². The Balaban J connectivity index is 2.19. The molecule has 0 bridgehead atoms. The molecular weight excluding hydrogens is 166 g/mol. The van der Waals surface area contributed by atoms with E-state index < -0.39 is 0 Å². The van der Waals surface area contributed by atoms with Gasteiger partial charge in [-0.15, -0.1) is 0 Å². The van der Waals surface area contributed by atoms with Gasteiger partial charge in [-0.3, -0.25) is 4.79 Å². The van der Waals surface area contributed by atoms with Crippen molar-refractivity contribution in [3.63, 3.8) is 0 Å². The van der Waals surface area contributed by atoms with E-state index in [0.29, 0.717) is 0 Å². The van der Waals surface area contributed by atoms with Crippen molar-refractivity contribution >= 4 is 29.0 Å². The molecule has 4 heteroatoms. The Bertz CT molecular complexity index is 123. The summed E-state index contributed by atoms with van der Waals surface area (Å²) < 4.78 is 1.85. The van der Waals surface area contributed by atoms with Crippen LogP contribution in [0.4, 0.5) is 4.79 Å². The summed E-state index contributed by atoms with van der Waals surface area (Å²) in [5.74, 6) is 0. The highest BCUT2D eigenvalue weighted by molar-refractivity contribution is 8.30. The largest absolute Gasteiger partial charge is 0.291 e. The third-order valence-corrected chi connectivity index (χ3v) is 2.51. The molecule has 2 nitrogen and oxygen atoms in total. The van der Waals surface area contributed by atoms with Crippen molar-refractivity contribution in [1.82, 2.24) is 4.31 Å². The fourth-order valence-corrected chi connectivity index (χ4v) is 2.03. The van der Waals surface area contributed by atoms with Crippen LogP contribution in [0.25, 0.3) is 0 Å². The summed E-state index contributed by atoms with van der Waals surface area (Å²) in [5.41, 5.74) is 0. The SMILES string of the molecule is O=C([S])SN1CCCCC1. The predicted octanol–water partition coefficient (Wildman–Crippen LogP) is 2.44. The number of piperidine rings is 1. The van der Waals surface area contributed by atoms with Gasteiger partial charge in [0.1, 0.15) is 0 Å². The van der Waals surface area contributed by atoms with Crippen LogP contribution >= 0.6 is 24.6 Å². The first kappa shape index (κ1) is 8.30. The maximum atomic E-state index is 10.4. The highest BCUT2D eigenvalue weighted by atomic mass is 32.2. The third kappa shape index (κ3) is 2.86. The molecule has 0 aromatic heterocycles. The lowest BCUT2D eigenvalue weighted by Crippen LogP contribution is -2.23. The van der Waals surface area contributed by atoms with Gasteiger partial charge in [-0.2, -0.15) is 0 Å². The molecule has 0 aromatic carbocycles. The number of hydrogen-bond acceptors (Lipinski definition) is 3. The molecule has 1 heterocycles. The Morgan fingerprint density at radius 2 is 1.90 bits per heavy atom. The first-order valence-electron chi connectivity index (χ1n) is 3.43. The molecule has 1 aliphatic heterocycles. The first-order valence-corrected chi connectivity index (χ1v) is 4.61. The Morgan fingerprint density at radius 1 is 1.30 bits per heavy atom. The molecule has 0 N–H and O–H groups in total. The van der Waals surface area contributed by atoms with Crippen LogP contribution in [0, 0.1) is 0 Å². The fourth-order valence-electron chi connectivity index (χ4n) is 1.06. The number of hydrogen-bond donors (Lipinski definition) is 0. The monoisotopic (exact) mass is 176 g/mol. The van der Waals surface area contributed by atoms with Gasteiger partial charge in [0.05, 0.1) is 0 Å². The third-order valence-electron chi connectivity index (χ3n) is 1.52. The number of rotatable bonds is 1. The lowest BCUT2D eigenvalue weighted by Gasteiger charge is -2.22. The zero-order chi connectivity index (χ0) is 7.40. The molecule has 1 saturated heterocycles. The minimum atomic E-state index is -0.207. The molecule has 1 radical (unpaired) electrons. The van der Waals surface area contributed by atoms with Gasteiger partial charge < -0.3 is 0 Å². The van der Waals surface area contributed by atoms with Crippen LogP contribution < -0.4 is 0 Å². The van der Waals surface area contributed by atoms with Crippen molar-refractivity contribution in [2.24, 2.45) is 0 Å². The summed E-state index contributed by atoms with van der Waals surface area (Å²) in [6, 6.07) is 0. The minimum absolute atomic E-state index is 0.207. The van der Waals surface area contributed by atoms with Gasteiger partial charge in [-0.25, -0.2) is 4.31 Å². The quantitative estimate of drug-likeness (QED) is 0.572. The Hall–Kier alpha value is 0.200. The van der Waals surface area contributed by atoms with Gasteiger partial charge in [0, 0.05) is 25.0 Å². The Morgan fingerprint density at radius 3 is 2.40 bits per heavy atom. The van der Waals surface area contributed by atoms with Crippen molar-refractivity contribution in [3.8, 4) is 0 Å². The number of nitrogens with zero attached hydrogens (tertiary/aromatic N) is 1. The van der Waals surface area contributed by atoms with E-state index in [4.69, 9.17) is 0 Å². The van der Waals surface area contributed by atoms with Gasteiger partial charge in [0.25, 0.3) is 4.45 Å². The number of carbonyl (C=O) groups is 1. The van der Waals surface area contributed by atoms with Crippen LogP contribution in [-0.2, 0) is 0 Å². The maximum Gasteiger partial charge on any atom is 0.291 e. The van der Waals surface area contributed by atoms with Crippen LogP contribution in [0.5, 0.6) is 0 Å². The Kier molecular flexibility index (Phi) is 3.45. The average molecular weight is 176 g/mol. The fraction of sp³-hybridized carbons (Fsp3) is 0.833. The van der Waals surface area contributed by atoms with Crippen molar-refractivity contribution in [2.75, 3.05) is 13.1 Å². The van der Waals surface area contributed by atoms with Crippen LogP contribution in [0.2, 0.25) is 0 Å². The molecule has 0 aromatic rings. The zero-order valence-electron chi connectivity index (χ0n) is 5.71. The molecule has 0 aliphatic carbocycles. The van der Waals surface area contributed by atoms with Gasteiger partial charge >= 0.3 is 0 Å². The van der Waals surface area contributed by atoms with E-state index in [1.165, 1.54) is 31.2 Å². The Labute approximate surface area is 70.9 Å². The standard InChI is InChI=1S/C6H10NOS2/c8-6(9)10-7-4-2-1-3-5-7/h1-5H2. The highest BCUT2D eigenvalue weighted by Crippen LogP contribution is 2.19. The van der Waals surface area contributed by atoms with E-state index in [2.05, 4.69) is 16.9 Å². The normalized spacial score (nSPS) is 20.8. The van der Waals surface area contributed by atoms with Crippen LogP contribution in [0.1, 0.15) is 19.3 Å². The minimum Gasteiger partial charge on any atom is -0.268 e. The lowest BCUT2D eigenvalue weighted by atomic mass is 10.2. The van der Waals surface area contributed by atoms with Crippen molar-refractivity contribution in [3.05, 3.63) is 0 Å². The number of carbonyl (C=O) groups excluding carboxylic acids is 1. The topological polar surface area (TPSA) is 20.3 Å². The van der Waals surface area contributed by atoms with Gasteiger partial charge in [-0.1, -0.05) is 6.42 Å². The molecule has 1 rings (SSSR count). The molecule has 0 atom stereocenters. The molecule has 1 fully saturated rings. The van der Waals surface area contributed by atoms with Crippen molar-refractivity contribution in [2.45, 2.75) is 19.3 Å². The van der Waals surface area contributed by atoms with E-state index in [0.717, 1.165) is 13.1 Å². The van der Waals surface area contributed by atoms with Crippen LogP contribution in [-0.4, -0.2) is 21.8 Å². The van der Waals surface area contributed by atoms with Gasteiger partial charge in [0.15, 0.2) is 0 Å². The predicted molar refractivity (Wildman–Crippen MR) is 46.0 cm³/mol. The summed E-state index contributed by atoms with van der Waals surface area (Å²) in [5, 5.41) is 0. The first-order chi connectivity index (χ1) is 4.79. The molecule has 57 valence electrons. The molecular formula is C6H10NOS2. The molecule has 0 spiro atoms. The second kappa shape index (κ2) is 4.16. The highest BCUT2D eigenvalue weighted by Gasteiger charge is 2.12. The van der Waals surface area contributed by atoms with E-state index in [-0.39, 0.29) is 4.45 Å². The molecule has 1 aliphatic rings. The van der Waals surface area contributed by atoms with E-state index in [1.807, 2.05) is 0 Å². The second-order valence-corrected chi connectivity index (χ2v) is 4.03. The molecule has 0 amide bonds. The second-order valence-electron chi connectivity index (χ2n) is 2.33. The smallest absolute Gasteiger partial charge is 0.268 e. The summed E-state index contributed by atoms with van der Waals surface area (Å²) in [6.45, 7) is 2.04. The van der Waals surface area contributed by atoms with E-state index in [9.17, 15) is 4.79 Å². The van der Waals surface area contributed by atoms with Crippen LogP contribution in [0.3, 0.4) is 0 Å². The average Bonchev–Trinajstić information content (AvgIpc) is 1.88. The maximum absolute atomic E-state index is 10.4. The van der Waals surface area contributed by atoms with Crippen molar-refractivity contribution < 1.29 is 4.79 Å². The van der Waals surface area contributed by atoms with Gasteiger partial charge in [0.2, 0.25) is 0 Å². The lowest BCUT2D eigenvalue weighted by molar-refractivity contribution is 0.275. The summed E-state index contributed by atoms with van der Waals surface area (Å²) in [6.07, 6.45) is 3.70. The van der Waals surface area contributed by atoms with Gasteiger partial charge in [-0.05, 0) is 25.5 Å². The summed E-state index contributed by atoms with van der Waals surface area (Å²) >= 11 is 5.63. The summed E-state index contributed by atoms with van der Waals surface area (Å²) in [7, 11) is 0. The molecule has 0 saturated carbocycles. The zero-order valence-corrected chi connectivity index (χ0v) is 7.34. The molecule has 0 unspecified atom stereocenters. The van der Waals surface area contributed by atoms with E-state index >= 15 is 0 Å². The van der Waals surface area contributed by atoms with Crippen LogP contribution in [0.15, 0.2) is 0 Å². The molecule has 10 heavy (non-hydrogen) atoms. The van der Waals surface area contributed by atoms with E-state index in [1.54, 1.807) is 0 Å².